The Labute approximate surface area is 120 Å². The Hall–Kier alpha value is -1.07. The topological polar surface area (TPSA) is 60.8 Å². The number of carbonyl (C=O) groups excluding carboxylic acids is 1. The maximum atomic E-state index is 11.8. The molecule has 19 heavy (non-hydrogen) atoms. The number of likely N-dealkylation sites (tertiary alicyclic amines) is 1. The van der Waals surface area contributed by atoms with Crippen molar-refractivity contribution in [1.82, 2.24) is 4.90 Å². The zero-order valence-electron chi connectivity index (χ0n) is 9.96. The Morgan fingerprint density at radius 3 is 2.53 bits per heavy atom. The molecule has 102 valence electrons. The number of rotatable bonds is 2. The lowest BCUT2D eigenvalue weighted by Crippen LogP contribution is -2.27. The quantitative estimate of drug-likeness (QED) is 0.815. The molecule has 0 bridgehead atoms. The summed E-state index contributed by atoms with van der Waals surface area (Å²) in [7, 11) is 0. The minimum Gasteiger partial charge on any atom is -0.388 e. The number of benzene rings is 1. The van der Waals surface area contributed by atoms with Crippen LogP contribution in [0.5, 0.6) is 0 Å². The van der Waals surface area contributed by atoms with Crippen molar-refractivity contribution in [1.29, 1.82) is 0 Å². The van der Waals surface area contributed by atoms with E-state index in [1.807, 2.05) is 0 Å². The average Bonchev–Trinajstić information content (AvgIpc) is 2.71. The molecule has 1 aromatic carbocycles. The van der Waals surface area contributed by atoms with E-state index in [0.29, 0.717) is 15.6 Å². The molecule has 6 heteroatoms. The van der Waals surface area contributed by atoms with E-state index in [2.05, 4.69) is 0 Å². The van der Waals surface area contributed by atoms with Crippen LogP contribution in [-0.2, 0) is 4.79 Å². The second-order valence-electron chi connectivity index (χ2n) is 4.35. The zero-order valence-corrected chi connectivity index (χ0v) is 11.5. The third-order valence-corrected chi connectivity index (χ3v) is 3.79. The molecule has 0 unspecified atom stereocenters. The molecule has 2 atom stereocenters. The van der Waals surface area contributed by atoms with Crippen molar-refractivity contribution in [3.05, 3.63) is 39.9 Å². The second-order valence-corrected chi connectivity index (χ2v) is 5.14. The molecule has 0 aliphatic carbocycles. The van der Waals surface area contributed by atoms with Crippen molar-refractivity contribution >= 4 is 35.2 Å². The molecule has 1 heterocycles. The fourth-order valence-electron chi connectivity index (χ4n) is 1.87. The van der Waals surface area contributed by atoms with Gasteiger partial charge in [0.15, 0.2) is 0 Å². The lowest BCUT2D eigenvalue weighted by molar-refractivity contribution is -0.125. The molecule has 4 nitrogen and oxygen atoms in total. The number of nitrogens with zero attached hydrogens (tertiary/aromatic N) is 1. The van der Waals surface area contributed by atoms with Gasteiger partial charge in [-0.1, -0.05) is 35.3 Å². The molecule has 1 saturated heterocycles. The Morgan fingerprint density at radius 2 is 1.89 bits per heavy atom. The number of β-amino-alcohol motifs (C(OH)–C–C–N with tert-alkyl or cyclic N) is 2. The van der Waals surface area contributed by atoms with Crippen molar-refractivity contribution in [3.8, 4) is 0 Å². The Bertz CT molecular complexity index is 509. The van der Waals surface area contributed by atoms with Crippen LogP contribution in [0.15, 0.2) is 24.3 Å². The van der Waals surface area contributed by atoms with Gasteiger partial charge in [0.1, 0.15) is 0 Å². The van der Waals surface area contributed by atoms with Gasteiger partial charge in [-0.25, -0.2) is 0 Å². The molecular weight excluding hydrogens is 289 g/mol. The normalized spacial score (nSPS) is 23.3. The van der Waals surface area contributed by atoms with Gasteiger partial charge in [0, 0.05) is 19.2 Å². The van der Waals surface area contributed by atoms with Gasteiger partial charge in [0.05, 0.1) is 22.3 Å². The van der Waals surface area contributed by atoms with E-state index in [1.54, 1.807) is 24.3 Å². The van der Waals surface area contributed by atoms with Crippen molar-refractivity contribution < 1.29 is 15.0 Å². The smallest absolute Gasteiger partial charge is 0.246 e. The summed E-state index contributed by atoms with van der Waals surface area (Å²) in [4.78, 5) is 13.2. The number of hydrogen-bond acceptors (Lipinski definition) is 3. The summed E-state index contributed by atoms with van der Waals surface area (Å²) in [6.07, 6.45) is 1.15. The van der Waals surface area contributed by atoms with E-state index >= 15 is 0 Å². The largest absolute Gasteiger partial charge is 0.388 e. The van der Waals surface area contributed by atoms with Gasteiger partial charge in [-0.15, -0.1) is 0 Å². The highest BCUT2D eigenvalue weighted by Crippen LogP contribution is 2.26. The summed E-state index contributed by atoms with van der Waals surface area (Å²) in [5, 5.41) is 19.6. The van der Waals surface area contributed by atoms with Crippen LogP contribution < -0.4 is 0 Å². The SMILES string of the molecule is O=C(C=Cc1cccc(Cl)c1Cl)N1C[C@@H](O)[C@@H](O)C1. The fraction of sp³-hybridized carbons (Fsp3) is 0.308. The van der Waals surface area contributed by atoms with Crippen LogP contribution in [0.25, 0.3) is 6.08 Å². The van der Waals surface area contributed by atoms with Gasteiger partial charge in [0.25, 0.3) is 0 Å². The standard InChI is InChI=1S/C13H13Cl2NO3/c14-9-3-1-2-8(13(9)15)4-5-12(19)16-6-10(17)11(18)7-16/h1-5,10-11,17-18H,6-7H2/t10-,11+. The van der Waals surface area contributed by atoms with E-state index in [1.165, 1.54) is 11.0 Å². The predicted octanol–water partition coefficient (Wildman–Crippen LogP) is 1.57. The number of aliphatic hydroxyl groups excluding tert-OH is 2. The summed E-state index contributed by atoms with van der Waals surface area (Å²) in [6.45, 7) is 0.265. The molecule has 1 aromatic rings. The summed E-state index contributed by atoms with van der Waals surface area (Å²) in [5.41, 5.74) is 0.641. The monoisotopic (exact) mass is 301 g/mol. The molecule has 0 saturated carbocycles. The van der Waals surface area contributed by atoms with Crippen molar-refractivity contribution in [2.75, 3.05) is 13.1 Å². The minimum absolute atomic E-state index is 0.133. The van der Waals surface area contributed by atoms with Crippen molar-refractivity contribution in [3.63, 3.8) is 0 Å². The number of halogens is 2. The van der Waals surface area contributed by atoms with E-state index in [-0.39, 0.29) is 19.0 Å². The zero-order chi connectivity index (χ0) is 14.0. The lowest BCUT2D eigenvalue weighted by atomic mass is 10.2. The van der Waals surface area contributed by atoms with E-state index < -0.39 is 12.2 Å². The van der Waals surface area contributed by atoms with Gasteiger partial charge in [-0.3, -0.25) is 4.79 Å². The van der Waals surface area contributed by atoms with Gasteiger partial charge < -0.3 is 15.1 Å². The third kappa shape index (κ3) is 3.28. The predicted molar refractivity (Wildman–Crippen MR) is 74.1 cm³/mol. The average molecular weight is 302 g/mol. The fourth-order valence-corrected chi connectivity index (χ4v) is 2.24. The highest BCUT2D eigenvalue weighted by molar-refractivity contribution is 6.42. The number of amides is 1. The molecule has 0 spiro atoms. The Balaban J connectivity index is 2.07. The lowest BCUT2D eigenvalue weighted by Gasteiger charge is -2.12. The molecule has 1 amide bonds. The van der Waals surface area contributed by atoms with Crippen molar-refractivity contribution in [2.45, 2.75) is 12.2 Å². The molecule has 2 rings (SSSR count). The maximum Gasteiger partial charge on any atom is 0.246 e. The molecular formula is C13H13Cl2NO3. The summed E-state index contributed by atoms with van der Waals surface area (Å²) < 4.78 is 0. The highest BCUT2D eigenvalue weighted by atomic mass is 35.5. The van der Waals surface area contributed by atoms with Crippen LogP contribution in [0.4, 0.5) is 0 Å². The van der Waals surface area contributed by atoms with E-state index in [4.69, 9.17) is 23.2 Å². The van der Waals surface area contributed by atoms with Crippen LogP contribution in [0.1, 0.15) is 5.56 Å². The molecule has 1 aliphatic rings. The second kappa shape index (κ2) is 5.92. The minimum atomic E-state index is -0.882. The van der Waals surface area contributed by atoms with Crippen molar-refractivity contribution in [2.24, 2.45) is 0 Å². The van der Waals surface area contributed by atoms with Gasteiger partial charge in [-0.05, 0) is 17.7 Å². The van der Waals surface area contributed by atoms with Gasteiger partial charge >= 0.3 is 0 Å². The number of carbonyl (C=O) groups is 1. The Morgan fingerprint density at radius 1 is 1.26 bits per heavy atom. The summed E-state index contributed by atoms with van der Waals surface area (Å²) in [6, 6.07) is 5.14. The third-order valence-electron chi connectivity index (χ3n) is 2.96. The van der Waals surface area contributed by atoms with Gasteiger partial charge in [-0.2, -0.15) is 0 Å². The number of aliphatic hydroxyl groups is 2. The molecule has 0 aromatic heterocycles. The maximum absolute atomic E-state index is 11.8. The first kappa shape index (κ1) is 14.3. The molecule has 2 N–H and O–H groups in total. The first-order chi connectivity index (χ1) is 8.99. The van der Waals surface area contributed by atoms with E-state index in [0.717, 1.165) is 0 Å². The first-order valence-corrected chi connectivity index (χ1v) is 6.52. The van der Waals surface area contributed by atoms with Crippen LogP contribution in [0.3, 0.4) is 0 Å². The molecule has 1 aliphatic heterocycles. The summed E-state index contributed by atoms with van der Waals surface area (Å²) >= 11 is 11.9. The Kier molecular flexibility index (Phi) is 4.47. The van der Waals surface area contributed by atoms with Gasteiger partial charge in [0.2, 0.25) is 5.91 Å². The molecule has 0 radical (unpaired) electrons. The first-order valence-electron chi connectivity index (χ1n) is 5.76. The summed E-state index contributed by atoms with van der Waals surface area (Å²) in [5.74, 6) is -0.286. The van der Waals surface area contributed by atoms with Crippen LogP contribution >= 0.6 is 23.2 Å². The highest BCUT2D eigenvalue weighted by Gasteiger charge is 2.31. The number of hydrogen-bond donors (Lipinski definition) is 2. The van der Waals surface area contributed by atoms with Crippen LogP contribution in [0, 0.1) is 0 Å². The van der Waals surface area contributed by atoms with Crippen LogP contribution in [0.2, 0.25) is 10.0 Å². The molecule has 1 fully saturated rings. The van der Waals surface area contributed by atoms with E-state index in [9.17, 15) is 15.0 Å². The van der Waals surface area contributed by atoms with Crippen LogP contribution in [-0.4, -0.2) is 46.3 Å².